The second kappa shape index (κ2) is 5.91. The molecule has 0 fully saturated rings. The SMILES string of the molecule is O=C(Nc1ccc2c(c1)OCO2)C(=O)Nc1ccc(F)cc1F. The number of amides is 2. The molecule has 2 aromatic rings. The van der Waals surface area contributed by atoms with Gasteiger partial charge in [-0.3, -0.25) is 9.59 Å². The second-order valence-corrected chi connectivity index (χ2v) is 4.60. The van der Waals surface area contributed by atoms with Crippen molar-refractivity contribution in [1.82, 2.24) is 0 Å². The maximum Gasteiger partial charge on any atom is 0.314 e. The molecule has 118 valence electrons. The van der Waals surface area contributed by atoms with Crippen molar-refractivity contribution in [2.24, 2.45) is 0 Å². The zero-order valence-electron chi connectivity index (χ0n) is 11.6. The molecule has 1 aliphatic rings. The Morgan fingerprint density at radius 3 is 2.43 bits per heavy atom. The van der Waals surface area contributed by atoms with E-state index in [1.165, 1.54) is 12.1 Å². The predicted molar refractivity (Wildman–Crippen MR) is 76.2 cm³/mol. The van der Waals surface area contributed by atoms with Gasteiger partial charge in [0.2, 0.25) is 6.79 Å². The first kappa shape index (κ1) is 14.8. The van der Waals surface area contributed by atoms with Crippen molar-refractivity contribution in [1.29, 1.82) is 0 Å². The predicted octanol–water partition coefficient (Wildman–Crippen LogP) is 2.27. The summed E-state index contributed by atoms with van der Waals surface area (Å²) < 4.78 is 36.5. The fourth-order valence-electron chi connectivity index (χ4n) is 1.93. The second-order valence-electron chi connectivity index (χ2n) is 4.60. The highest BCUT2D eigenvalue weighted by molar-refractivity contribution is 6.43. The zero-order valence-corrected chi connectivity index (χ0v) is 11.6. The van der Waals surface area contributed by atoms with Crippen LogP contribution < -0.4 is 20.1 Å². The highest BCUT2D eigenvalue weighted by Crippen LogP contribution is 2.34. The quantitative estimate of drug-likeness (QED) is 0.832. The van der Waals surface area contributed by atoms with Gasteiger partial charge in [0, 0.05) is 17.8 Å². The highest BCUT2D eigenvalue weighted by atomic mass is 19.1. The van der Waals surface area contributed by atoms with Crippen molar-refractivity contribution < 1.29 is 27.8 Å². The molecule has 2 aromatic carbocycles. The molecule has 0 aliphatic carbocycles. The van der Waals surface area contributed by atoms with Crippen LogP contribution in [0.2, 0.25) is 0 Å². The van der Waals surface area contributed by atoms with E-state index in [9.17, 15) is 18.4 Å². The van der Waals surface area contributed by atoms with E-state index in [2.05, 4.69) is 10.6 Å². The van der Waals surface area contributed by atoms with E-state index in [1.807, 2.05) is 0 Å². The fourth-order valence-corrected chi connectivity index (χ4v) is 1.93. The Bertz CT molecular complexity index is 795. The molecule has 1 aliphatic heterocycles. The number of nitrogens with one attached hydrogen (secondary N) is 2. The topological polar surface area (TPSA) is 76.7 Å². The number of carbonyl (C=O) groups excluding carboxylic acids is 2. The van der Waals surface area contributed by atoms with Crippen LogP contribution in [0.1, 0.15) is 0 Å². The summed E-state index contributed by atoms with van der Waals surface area (Å²) in [6, 6.07) is 7.19. The number of rotatable bonds is 2. The number of benzene rings is 2. The number of fused-ring (bicyclic) bond motifs is 1. The van der Waals surface area contributed by atoms with Crippen molar-refractivity contribution in [2.75, 3.05) is 17.4 Å². The molecule has 23 heavy (non-hydrogen) atoms. The van der Waals surface area contributed by atoms with Gasteiger partial charge in [0.1, 0.15) is 11.6 Å². The van der Waals surface area contributed by atoms with E-state index in [0.717, 1.165) is 12.1 Å². The molecule has 2 N–H and O–H groups in total. The van der Waals surface area contributed by atoms with Crippen LogP contribution in [0.3, 0.4) is 0 Å². The van der Waals surface area contributed by atoms with Gasteiger partial charge in [0.25, 0.3) is 0 Å². The number of halogens is 2. The number of hydrogen-bond donors (Lipinski definition) is 2. The van der Waals surface area contributed by atoms with Crippen LogP contribution in [0.4, 0.5) is 20.2 Å². The van der Waals surface area contributed by atoms with Gasteiger partial charge in [0.15, 0.2) is 11.5 Å². The lowest BCUT2D eigenvalue weighted by Gasteiger charge is -2.08. The van der Waals surface area contributed by atoms with Gasteiger partial charge in [-0.1, -0.05) is 0 Å². The molecule has 0 radical (unpaired) electrons. The van der Waals surface area contributed by atoms with Gasteiger partial charge in [-0.2, -0.15) is 0 Å². The Morgan fingerprint density at radius 2 is 1.65 bits per heavy atom. The number of anilines is 2. The van der Waals surface area contributed by atoms with Crippen molar-refractivity contribution in [3.8, 4) is 11.5 Å². The first-order valence-corrected chi connectivity index (χ1v) is 6.50. The molecule has 0 unspecified atom stereocenters. The molecule has 0 atom stereocenters. The molecule has 2 amide bonds. The third-order valence-corrected chi connectivity index (χ3v) is 3.02. The standard InChI is InChI=1S/C15H10F2N2O4/c16-8-1-3-11(10(17)5-8)19-15(21)14(20)18-9-2-4-12-13(6-9)23-7-22-12/h1-6H,7H2,(H,18,20)(H,19,21). The molecule has 0 saturated carbocycles. The minimum absolute atomic E-state index is 0.0804. The summed E-state index contributed by atoms with van der Waals surface area (Å²) in [4.78, 5) is 23.6. The van der Waals surface area contributed by atoms with Crippen molar-refractivity contribution in [3.05, 3.63) is 48.0 Å². The molecule has 8 heteroatoms. The van der Waals surface area contributed by atoms with Gasteiger partial charge < -0.3 is 20.1 Å². The van der Waals surface area contributed by atoms with Gasteiger partial charge >= 0.3 is 11.8 Å². The molecule has 0 bridgehead atoms. The normalized spacial score (nSPS) is 11.9. The Balaban J connectivity index is 1.67. The summed E-state index contributed by atoms with van der Waals surface area (Å²) in [6.07, 6.45) is 0. The minimum Gasteiger partial charge on any atom is -0.454 e. The maximum atomic E-state index is 13.4. The maximum absolute atomic E-state index is 13.4. The first-order valence-electron chi connectivity index (χ1n) is 6.50. The average molecular weight is 320 g/mol. The van der Waals surface area contributed by atoms with Crippen LogP contribution >= 0.6 is 0 Å². The molecule has 0 spiro atoms. The van der Waals surface area contributed by atoms with Crippen LogP contribution in [-0.2, 0) is 9.59 Å². The van der Waals surface area contributed by atoms with Crippen LogP contribution in [0.5, 0.6) is 11.5 Å². The lowest BCUT2D eigenvalue weighted by Crippen LogP contribution is -2.29. The van der Waals surface area contributed by atoms with E-state index >= 15 is 0 Å². The van der Waals surface area contributed by atoms with E-state index in [0.29, 0.717) is 23.3 Å². The molecule has 3 rings (SSSR count). The first-order chi connectivity index (χ1) is 11.0. The van der Waals surface area contributed by atoms with Gasteiger partial charge in [-0.05, 0) is 24.3 Å². The number of hydrogen-bond acceptors (Lipinski definition) is 4. The summed E-state index contributed by atoms with van der Waals surface area (Å²) in [5.41, 5.74) is 0.0196. The molecule has 1 heterocycles. The van der Waals surface area contributed by atoms with Gasteiger partial charge in [-0.15, -0.1) is 0 Å². The van der Waals surface area contributed by atoms with E-state index in [4.69, 9.17) is 9.47 Å². The van der Waals surface area contributed by atoms with Crippen LogP contribution in [0.25, 0.3) is 0 Å². The molecular formula is C15H10F2N2O4. The summed E-state index contributed by atoms with van der Waals surface area (Å²) in [5.74, 6) is -2.89. The average Bonchev–Trinajstić information content (AvgIpc) is 2.97. The summed E-state index contributed by atoms with van der Waals surface area (Å²) in [5, 5.41) is 4.40. The lowest BCUT2D eigenvalue weighted by molar-refractivity contribution is -0.133. The van der Waals surface area contributed by atoms with E-state index < -0.39 is 23.4 Å². The summed E-state index contributed by atoms with van der Waals surface area (Å²) >= 11 is 0. The molecule has 0 aromatic heterocycles. The van der Waals surface area contributed by atoms with Crippen molar-refractivity contribution >= 4 is 23.2 Å². The summed E-state index contributed by atoms with van der Waals surface area (Å²) in [7, 11) is 0. The van der Waals surface area contributed by atoms with Crippen molar-refractivity contribution in [2.45, 2.75) is 0 Å². The van der Waals surface area contributed by atoms with E-state index in [1.54, 1.807) is 6.07 Å². The zero-order chi connectivity index (χ0) is 16.4. The molecular weight excluding hydrogens is 310 g/mol. The Hall–Kier alpha value is -3.16. The summed E-state index contributed by atoms with van der Waals surface area (Å²) in [6.45, 7) is 0.0804. The third kappa shape index (κ3) is 3.20. The van der Waals surface area contributed by atoms with E-state index in [-0.39, 0.29) is 12.5 Å². The third-order valence-electron chi connectivity index (χ3n) is 3.02. The number of ether oxygens (including phenoxy) is 2. The van der Waals surface area contributed by atoms with Crippen LogP contribution in [0.15, 0.2) is 36.4 Å². The van der Waals surface area contributed by atoms with Crippen molar-refractivity contribution in [3.63, 3.8) is 0 Å². The highest BCUT2D eigenvalue weighted by Gasteiger charge is 2.18. The minimum atomic E-state index is -1.09. The molecule has 0 saturated heterocycles. The Morgan fingerprint density at radius 1 is 0.913 bits per heavy atom. The Labute approximate surface area is 129 Å². The Kier molecular flexibility index (Phi) is 3.80. The lowest BCUT2D eigenvalue weighted by atomic mass is 10.2. The van der Waals surface area contributed by atoms with Crippen LogP contribution in [-0.4, -0.2) is 18.6 Å². The van der Waals surface area contributed by atoms with Gasteiger partial charge in [-0.25, -0.2) is 8.78 Å². The molecule has 6 nitrogen and oxygen atoms in total. The van der Waals surface area contributed by atoms with Gasteiger partial charge in [0.05, 0.1) is 5.69 Å². The number of carbonyl (C=O) groups is 2. The smallest absolute Gasteiger partial charge is 0.314 e. The monoisotopic (exact) mass is 320 g/mol. The largest absolute Gasteiger partial charge is 0.454 e. The van der Waals surface area contributed by atoms with Crippen LogP contribution in [0, 0.1) is 11.6 Å². The fraction of sp³-hybridized carbons (Fsp3) is 0.0667.